The number of rotatable bonds is 5. The summed E-state index contributed by atoms with van der Waals surface area (Å²) in [5, 5.41) is 8.80. The Morgan fingerprint density at radius 1 is 1.33 bits per heavy atom. The maximum Gasteiger partial charge on any atom is 0.190 e. The van der Waals surface area contributed by atoms with E-state index in [9.17, 15) is 8.78 Å². The minimum atomic E-state index is -0.777. The third-order valence-electron chi connectivity index (χ3n) is 2.49. The summed E-state index contributed by atoms with van der Waals surface area (Å²) in [5.41, 5.74) is -0.223. The molecule has 0 heterocycles. The molecule has 1 aromatic rings. The van der Waals surface area contributed by atoms with E-state index in [2.05, 4.69) is 6.07 Å². The van der Waals surface area contributed by atoms with Gasteiger partial charge in [0.1, 0.15) is 0 Å². The Morgan fingerprint density at radius 2 is 1.89 bits per heavy atom. The molecular weight excluding hydrogens is 260 g/mol. The Balaban J connectivity index is 2.72. The number of halogens is 3. The quantitative estimate of drug-likeness (QED) is 0.759. The molecule has 0 saturated heterocycles. The summed E-state index contributed by atoms with van der Waals surface area (Å²) >= 11 is 5.50. The average molecular weight is 274 g/mol. The fourth-order valence-corrected chi connectivity index (χ4v) is 1.45. The largest absolute Gasteiger partial charge is 0.488 e. The summed E-state index contributed by atoms with van der Waals surface area (Å²) in [6, 6.07) is 4.37. The van der Waals surface area contributed by atoms with Gasteiger partial charge in [-0.25, -0.2) is 8.78 Å². The number of benzene rings is 1. The minimum absolute atomic E-state index is 0.0373. The Morgan fingerprint density at radius 3 is 2.33 bits per heavy atom. The molecule has 0 N–H and O–H groups in total. The monoisotopic (exact) mass is 273 g/mol. The zero-order valence-electron chi connectivity index (χ0n) is 10.3. The highest BCUT2D eigenvalue weighted by molar-refractivity contribution is 6.17. The molecule has 0 saturated carbocycles. The van der Waals surface area contributed by atoms with E-state index < -0.39 is 22.8 Å². The van der Waals surface area contributed by atoms with Gasteiger partial charge >= 0.3 is 0 Å². The lowest BCUT2D eigenvalue weighted by atomic mass is 9.92. The Labute approximate surface area is 110 Å². The van der Waals surface area contributed by atoms with Crippen LogP contribution in [0.2, 0.25) is 0 Å². The van der Waals surface area contributed by atoms with Gasteiger partial charge in [0.15, 0.2) is 17.4 Å². The number of ether oxygens (including phenoxy) is 1. The number of hydrogen-bond acceptors (Lipinski definition) is 2. The molecule has 2 nitrogen and oxygen atoms in total. The fourth-order valence-electron chi connectivity index (χ4n) is 1.29. The maximum atomic E-state index is 13.5. The van der Waals surface area contributed by atoms with Crippen LogP contribution in [0.5, 0.6) is 5.75 Å². The molecule has 0 spiro atoms. The molecule has 0 atom stereocenters. The molecule has 0 amide bonds. The molecule has 0 aliphatic carbocycles. The van der Waals surface area contributed by atoms with Gasteiger partial charge in [-0.15, -0.1) is 11.6 Å². The second kappa shape index (κ2) is 6.01. The van der Waals surface area contributed by atoms with Crippen LogP contribution in [0.25, 0.3) is 0 Å². The molecule has 5 heteroatoms. The maximum absolute atomic E-state index is 13.5. The van der Waals surface area contributed by atoms with E-state index in [0.29, 0.717) is 12.0 Å². The van der Waals surface area contributed by atoms with Crippen molar-refractivity contribution in [1.29, 1.82) is 5.26 Å². The van der Waals surface area contributed by atoms with E-state index in [0.717, 1.165) is 12.1 Å². The first kappa shape index (κ1) is 14.7. The fraction of sp³-hybridized carbons (Fsp3) is 0.462. The van der Waals surface area contributed by atoms with Crippen molar-refractivity contribution < 1.29 is 13.5 Å². The van der Waals surface area contributed by atoms with E-state index in [-0.39, 0.29) is 12.5 Å². The minimum Gasteiger partial charge on any atom is -0.488 e. The van der Waals surface area contributed by atoms with Gasteiger partial charge in [-0.1, -0.05) is 0 Å². The summed E-state index contributed by atoms with van der Waals surface area (Å²) in [6.07, 6.45) is 0.389. The predicted octanol–water partition coefficient (Wildman–Crippen LogP) is 4.02. The molecule has 0 aliphatic rings. The molecule has 0 radical (unpaired) electrons. The Bertz CT molecular complexity index is 446. The number of alkyl halides is 1. The highest BCUT2D eigenvalue weighted by Gasteiger charge is 2.18. The third-order valence-corrected chi connectivity index (χ3v) is 2.80. The van der Waals surface area contributed by atoms with Gasteiger partial charge in [-0.05, 0) is 38.0 Å². The first-order valence-electron chi connectivity index (χ1n) is 5.47. The van der Waals surface area contributed by atoms with Crippen LogP contribution in [0.15, 0.2) is 12.1 Å². The van der Waals surface area contributed by atoms with Gasteiger partial charge in [0.2, 0.25) is 0 Å². The summed E-state index contributed by atoms with van der Waals surface area (Å²) in [4.78, 5) is 0. The van der Waals surface area contributed by atoms with E-state index in [4.69, 9.17) is 21.6 Å². The van der Waals surface area contributed by atoms with Crippen LogP contribution in [-0.2, 0) is 5.88 Å². The molecule has 0 aromatic heterocycles. The predicted molar refractivity (Wildman–Crippen MR) is 65.4 cm³/mol. The van der Waals surface area contributed by atoms with Gasteiger partial charge < -0.3 is 4.74 Å². The van der Waals surface area contributed by atoms with Gasteiger partial charge in [0, 0.05) is 5.88 Å². The van der Waals surface area contributed by atoms with Crippen molar-refractivity contribution in [3.8, 4) is 11.8 Å². The number of nitrogens with zero attached hydrogens (tertiary/aromatic N) is 1. The topological polar surface area (TPSA) is 33.0 Å². The molecule has 0 fully saturated rings. The van der Waals surface area contributed by atoms with Gasteiger partial charge in [-0.2, -0.15) is 5.26 Å². The van der Waals surface area contributed by atoms with Crippen LogP contribution >= 0.6 is 11.6 Å². The second-order valence-corrected chi connectivity index (χ2v) is 4.88. The Kier molecular flexibility index (Phi) is 4.92. The van der Waals surface area contributed by atoms with Crippen LogP contribution in [0, 0.1) is 28.4 Å². The van der Waals surface area contributed by atoms with Crippen LogP contribution in [0.4, 0.5) is 8.78 Å². The van der Waals surface area contributed by atoms with Crippen molar-refractivity contribution >= 4 is 11.6 Å². The van der Waals surface area contributed by atoms with Gasteiger partial charge in [0.25, 0.3) is 0 Å². The first-order valence-corrected chi connectivity index (χ1v) is 6.01. The van der Waals surface area contributed by atoms with Crippen molar-refractivity contribution in [1.82, 2.24) is 0 Å². The lowest BCUT2D eigenvalue weighted by Crippen LogP contribution is -2.14. The first-order chi connectivity index (χ1) is 8.39. The molecule has 0 bridgehead atoms. The van der Waals surface area contributed by atoms with E-state index in [1.54, 1.807) is 13.8 Å². The summed E-state index contributed by atoms with van der Waals surface area (Å²) in [5.74, 6) is -1.94. The van der Waals surface area contributed by atoms with Crippen LogP contribution in [-0.4, -0.2) is 6.61 Å². The zero-order valence-corrected chi connectivity index (χ0v) is 11.0. The summed E-state index contributed by atoms with van der Waals surface area (Å²) in [7, 11) is 0. The van der Waals surface area contributed by atoms with Crippen LogP contribution in [0.3, 0.4) is 0 Å². The van der Waals surface area contributed by atoms with Crippen LogP contribution in [0.1, 0.15) is 25.8 Å². The molecule has 98 valence electrons. The zero-order chi connectivity index (χ0) is 13.8. The SMILES string of the molecule is CC(C)(C#N)CCOc1c(F)cc(CCl)cc1F. The third kappa shape index (κ3) is 3.85. The Hall–Kier alpha value is -1.34. The van der Waals surface area contributed by atoms with E-state index in [1.807, 2.05) is 0 Å². The molecule has 0 aliphatic heterocycles. The van der Waals surface area contributed by atoms with Crippen LogP contribution < -0.4 is 4.74 Å². The van der Waals surface area contributed by atoms with Crippen molar-refractivity contribution in [3.05, 3.63) is 29.3 Å². The number of hydrogen-bond donors (Lipinski definition) is 0. The van der Waals surface area contributed by atoms with E-state index >= 15 is 0 Å². The van der Waals surface area contributed by atoms with Crippen molar-refractivity contribution in [2.45, 2.75) is 26.1 Å². The highest BCUT2D eigenvalue weighted by Crippen LogP contribution is 2.26. The lowest BCUT2D eigenvalue weighted by Gasteiger charge is -2.16. The van der Waals surface area contributed by atoms with Gasteiger partial charge in [0.05, 0.1) is 18.1 Å². The standard InChI is InChI=1S/C13H14ClF2NO/c1-13(2,8-17)3-4-18-12-10(15)5-9(7-14)6-11(12)16/h5-6H,3-4,7H2,1-2H3. The second-order valence-electron chi connectivity index (χ2n) is 4.62. The number of nitriles is 1. The van der Waals surface area contributed by atoms with Crippen molar-refractivity contribution in [3.63, 3.8) is 0 Å². The normalized spacial score (nSPS) is 11.1. The highest BCUT2D eigenvalue weighted by atomic mass is 35.5. The average Bonchev–Trinajstić information content (AvgIpc) is 2.32. The summed E-state index contributed by atoms with van der Waals surface area (Å²) in [6.45, 7) is 3.55. The van der Waals surface area contributed by atoms with E-state index in [1.165, 1.54) is 0 Å². The lowest BCUT2D eigenvalue weighted by molar-refractivity contribution is 0.243. The molecule has 1 rings (SSSR count). The summed E-state index contributed by atoms with van der Waals surface area (Å²) < 4.78 is 32.1. The molecule has 18 heavy (non-hydrogen) atoms. The van der Waals surface area contributed by atoms with Crippen molar-refractivity contribution in [2.75, 3.05) is 6.61 Å². The molecule has 1 aromatic carbocycles. The molecular formula is C13H14ClF2NO. The van der Waals surface area contributed by atoms with Crippen molar-refractivity contribution in [2.24, 2.45) is 5.41 Å². The molecule has 0 unspecified atom stereocenters. The van der Waals surface area contributed by atoms with Gasteiger partial charge in [-0.3, -0.25) is 0 Å². The smallest absolute Gasteiger partial charge is 0.190 e.